The van der Waals surface area contributed by atoms with E-state index in [0.29, 0.717) is 23.2 Å². The molecule has 7 aromatic rings. The highest BCUT2D eigenvalue weighted by Gasteiger charge is 2.10. The lowest BCUT2D eigenvalue weighted by Gasteiger charge is -2.09. The molecule has 3 N–H and O–H groups in total. The predicted molar refractivity (Wildman–Crippen MR) is 328 cm³/mol. The highest BCUT2D eigenvalue weighted by molar-refractivity contribution is 5.94. The number of ether oxygens (including phenoxy) is 1. The molecule has 7 rings (SSSR count). The highest BCUT2D eigenvalue weighted by atomic mass is 16.5. The number of nitrogens with one attached hydrogen (secondary N) is 1. The maximum absolute atomic E-state index is 12.4. The monoisotopic (exact) mass is 1060 g/mol. The third-order valence-electron chi connectivity index (χ3n) is 14.3. The smallest absolute Gasteiger partial charge is 0.335 e. The molecule has 0 unspecified atom stereocenters. The topological polar surface area (TPSA) is 126 Å². The summed E-state index contributed by atoms with van der Waals surface area (Å²) in [5.74, 6) is -0.906. The first-order chi connectivity index (χ1) is 38.6. The molecule has 6 aromatic carbocycles. The van der Waals surface area contributed by atoms with Gasteiger partial charge in [0.25, 0.3) is 5.91 Å². The summed E-state index contributed by atoms with van der Waals surface area (Å²) in [6, 6.07) is 51.6. The number of rotatable bonds is 31. The van der Waals surface area contributed by atoms with Crippen LogP contribution in [0.4, 0.5) is 0 Å². The minimum absolute atomic E-state index is 0.0640. The summed E-state index contributed by atoms with van der Waals surface area (Å²) in [7, 11) is 0. The number of nitrogens with zero attached hydrogens (tertiary/aromatic N) is 1. The summed E-state index contributed by atoms with van der Waals surface area (Å²) in [5, 5.41) is 21.0. The number of carboxylic acids is 2. The summed E-state index contributed by atoms with van der Waals surface area (Å²) in [6.45, 7) is 9.92. The van der Waals surface area contributed by atoms with Gasteiger partial charge in [-0.25, -0.2) is 9.59 Å². The largest absolute Gasteiger partial charge is 0.494 e. The van der Waals surface area contributed by atoms with Gasteiger partial charge in [-0.3, -0.25) is 9.78 Å². The highest BCUT2D eigenvalue weighted by Crippen LogP contribution is 2.26. The van der Waals surface area contributed by atoms with Crippen molar-refractivity contribution in [1.29, 1.82) is 0 Å². The molecule has 0 saturated heterocycles. The number of aryl methyl sites for hydroxylation is 3. The van der Waals surface area contributed by atoms with Crippen molar-refractivity contribution in [1.82, 2.24) is 10.3 Å². The zero-order valence-corrected chi connectivity index (χ0v) is 47.8. The van der Waals surface area contributed by atoms with E-state index in [-0.39, 0.29) is 5.91 Å². The van der Waals surface area contributed by atoms with Gasteiger partial charge in [0.15, 0.2) is 0 Å². The minimum Gasteiger partial charge on any atom is -0.494 e. The lowest BCUT2D eigenvalue weighted by atomic mass is 9.98. The van der Waals surface area contributed by atoms with Crippen LogP contribution < -0.4 is 10.1 Å². The molecule has 79 heavy (non-hydrogen) atoms. The summed E-state index contributed by atoms with van der Waals surface area (Å²) in [6.07, 6.45) is 28.3. The molecule has 0 bridgehead atoms. The van der Waals surface area contributed by atoms with Crippen LogP contribution in [0.15, 0.2) is 164 Å². The average Bonchev–Trinajstić information content (AvgIpc) is 3.48. The zero-order chi connectivity index (χ0) is 56.3. The Kier molecular flexibility index (Phi) is 29.1. The summed E-state index contributed by atoms with van der Waals surface area (Å²) >= 11 is 0. The molecule has 0 aliphatic heterocycles. The molecular weight excluding hydrogens is 977 g/mol. The molecule has 0 aliphatic carbocycles. The van der Waals surface area contributed by atoms with Crippen LogP contribution in [-0.4, -0.2) is 46.2 Å². The molecule has 0 aliphatic rings. The van der Waals surface area contributed by atoms with Crippen LogP contribution in [-0.2, 0) is 19.3 Å². The van der Waals surface area contributed by atoms with E-state index in [1.54, 1.807) is 24.4 Å². The lowest BCUT2D eigenvalue weighted by molar-refractivity contribution is 0.0685. The second-order valence-corrected chi connectivity index (χ2v) is 20.7. The van der Waals surface area contributed by atoms with Gasteiger partial charge in [-0.15, -0.1) is 0 Å². The summed E-state index contributed by atoms with van der Waals surface area (Å²) < 4.78 is 5.87. The maximum atomic E-state index is 12.4. The Morgan fingerprint density at radius 2 is 0.873 bits per heavy atom. The fraction of sp³-hybridized carbons (Fsp3) is 0.380. The Hall–Kier alpha value is -7.32. The van der Waals surface area contributed by atoms with Crippen molar-refractivity contribution in [2.24, 2.45) is 0 Å². The minimum atomic E-state index is -0.883. The van der Waals surface area contributed by atoms with E-state index in [1.807, 2.05) is 85.8 Å². The fourth-order valence-electron chi connectivity index (χ4n) is 9.42. The number of amides is 1. The van der Waals surface area contributed by atoms with Crippen molar-refractivity contribution in [3.05, 3.63) is 203 Å². The number of hydrogen-bond donors (Lipinski definition) is 3. The van der Waals surface area contributed by atoms with Gasteiger partial charge in [0.05, 0.1) is 17.7 Å². The van der Waals surface area contributed by atoms with Crippen LogP contribution in [0, 0.1) is 6.92 Å². The van der Waals surface area contributed by atoms with Gasteiger partial charge in [0, 0.05) is 30.4 Å². The van der Waals surface area contributed by atoms with Crippen LogP contribution in [0.2, 0.25) is 0 Å². The van der Waals surface area contributed by atoms with Gasteiger partial charge in [-0.05, 0) is 144 Å². The SMILES string of the molecule is CCCCCCCCOc1ccc(-c2ccc(C(=O)NCCc3ccccn3)cc2)cc1.CCCCCCCCc1ccc(-c2ccc(C(=O)O)c(C)c2)cc1.CCCCCCCCc1ccc(-c2ccc(C(=O)O)cc2)cc1. The maximum Gasteiger partial charge on any atom is 0.335 e. The fourth-order valence-corrected chi connectivity index (χ4v) is 9.42. The molecule has 1 heterocycles. The predicted octanol–water partition coefficient (Wildman–Crippen LogP) is 18.7. The average molecular weight is 1070 g/mol. The van der Waals surface area contributed by atoms with Gasteiger partial charge >= 0.3 is 11.9 Å². The van der Waals surface area contributed by atoms with Gasteiger partial charge in [0.1, 0.15) is 5.75 Å². The molecule has 0 atom stereocenters. The molecule has 8 nitrogen and oxygen atoms in total. The van der Waals surface area contributed by atoms with E-state index in [1.165, 1.54) is 120 Å². The second kappa shape index (κ2) is 36.7. The van der Waals surface area contributed by atoms with Gasteiger partial charge < -0.3 is 20.3 Å². The first-order valence-electron chi connectivity index (χ1n) is 29.5. The van der Waals surface area contributed by atoms with Crippen molar-refractivity contribution in [3.8, 4) is 39.1 Å². The number of aromatic carboxylic acids is 2. The Labute approximate surface area is 473 Å². The Balaban J connectivity index is 0.000000222. The van der Waals surface area contributed by atoms with Crippen LogP contribution in [0.25, 0.3) is 33.4 Å². The number of carboxylic acid groups (broad SMARTS) is 2. The molecule has 1 aromatic heterocycles. The third kappa shape index (κ3) is 23.7. The number of aromatic nitrogens is 1. The Morgan fingerprint density at radius 3 is 1.33 bits per heavy atom. The van der Waals surface area contributed by atoms with Gasteiger partial charge in [-0.1, -0.05) is 220 Å². The second-order valence-electron chi connectivity index (χ2n) is 20.7. The normalized spacial score (nSPS) is 10.7. The molecule has 0 radical (unpaired) electrons. The molecule has 0 fully saturated rings. The first kappa shape index (κ1) is 62.5. The van der Waals surface area contributed by atoms with Crippen LogP contribution in [0.1, 0.15) is 190 Å². The van der Waals surface area contributed by atoms with Crippen molar-refractivity contribution < 1.29 is 29.3 Å². The molecule has 0 saturated carbocycles. The molecule has 418 valence electrons. The molecular formula is C71H88N2O6. The van der Waals surface area contributed by atoms with E-state index >= 15 is 0 Å². The van der Waals surface area contributed by atoms with Crippen LogP contribution in [0.3, 0.4) is 0 Å². The molecule has 1 amide bonds. The van der Waals surface area contributed by atoms with Crippen molar-refractivity contribution >= 4 is 17.8 Å². The first-order valence-corrected chi connectivity index (χ1v) is 29.5. The third-order valence-corrected chi connectivity index (χ3v) is 14.3. The van der Waals surface area contributed by atoms with Crippen LogP contribution in [0.5, 0.6) is 5.75 Å². The lowest BCUT2D eigenvalue weighted by Crippen LogP contribution is -2.25. The molecule has 8 heteroatoms. The van der Waals surface area contributed by atoms with Gasteiger partial charge in [0.2, 0.25) is 0 Å². The quantitative estimate of drug-likeness (QED) is 0.0370. The van der Waals surface area contributed by atoms with E-state index < -0.39 is 11.9 Å². The van der Waals surface area contributed by atoms with E-state index in [9.17, 15) is 14.4 Å². The zero-order valence-electron chi connectivity index (χ0n) is 47.8. The van der Waals surface area contributed by atoms with Crippen molar-refractivity contribution in [2.75, 3.05) is 13.2 Å². The Morgan fingerprint density at radius 1 is 0.443 bits per heavy atom. The standard InChI is InChI=1S/C28H34N2O2.C22H28O2.C21H26O2/c1-2-3-4-5-6-9-22-32-27-17-15-24(16-18-27)23-11-13-25(14-12-23)28(31)30-21-19-26-10-7-8-20-29-26;1-3-4-5-6-7-8-9-18-10-12-19(13-11-18)20-14-15-21(22(23)24)17(2)16-20;1-2-3-4-5-6-7-8-17-9-11-18(12-10-17)19-13-15-20(16-14-19)21(22)23/h7-8,10-18,20H,2-6,9,19,21-22H2,1H3,(H,30,31);10-16H,3-9H2,1-2H3,(H,23,24);9-16H,2-8H2,1H3,(H,22,23). The van der Waals surface area contributed by atoms with E-state index in [2.05, 4.69) is 91.7 Å². The van der Waals surface area contributed by atoms with Crippen LogP contribution >= 0.6 is 0 Å². The number of benzene rings is 6. The summed E-state index contributed by atoms with van der Waals surface area (Å²) in [4.78, 5) is 38.6. The summed E-state index contributed by atoms with van der Waals surface area (Å²) in [5.41, 5.74) is 12.5. The Bertz CT molecular complexity index is 2790. The number of pyridine rings is 1. The van der Waals surface area contributed by atoms with Gasteiger partial charge in [-0.2, -0.15) is 0 Å². The van der Waals surface area contributed by atoms with Crippen molar-refractivity contribution in [2.45, 2.75) is 163 Å². The number of carbonyl (C=O) groups excluding carboxylic acids is 1. The van der Waals surface area contributed by atoms with E-state index in [0.717, 1.165) is 82.7 Å². The number of hydrogen-bond acceptors (Lipinski definition) is 5. The number of unbranched alkanes of at least 4 members (excludes halogenated alkanes) is 15. The van der Waals surface area contributed by atoms with Crippen molar-refractivity contribution in [3.63, 3.8) is 0 Å². The van der Waals surface area contributed by atoms with E-state index in [4.69, 9.17) is 14.9 Å². The number of carbonyl (C=O) groups is 3. The molecule has 0 spiro atoms.